The van der Waals surface area contributed by atoms with Crippen molar-refractivity contribution >= 4 is 5.91 Å². The van der Waals surface area contributed by atoms with Crippen LogP contribution in [-0.2, 0) is 16.1 Å². The summed E-state index contributed by atoms with van der Waals surface area (Å²) >= 11 is 0. The Balaban J connectivity index is 1.82. The highest BCUT2D eigenvalue weighted by atomic mass is 19.1. The van der Waals surface area contributed by atoms with Gasteiger partial charge in [-0.2, -0.15) is 5.26 Å². The summed E-state index contributed by atoms with van der Waals surface area (Å²) in [6.45, 7) is 5.62. The predicted octanol–water partition coefficient (Wildman–Crippen LogP) is 0.920. The van der Waals surface area contributed by atoms with Crippen LogP contribution in [0, 0.1) is 17.1 Å². The first kappa shape index (κ1) is 19.3. The standard InChI is InChI=1S/C18H25FN4O2/c1-21(13-16-11-15(12-20)3-4-17(16)19)18(24)14-23-7-5-22(6-8-23)9-10-25-2/h3-4,11H,5-10,13-14H2,1-2H3. The molecule has 1 fully saturated rings. The molecule has 1 aromatic rings. The van der Waals surface area contributed by atoms with Crippen molar-refractivity contribution in [2.45, 2.75) is 6.54 Å². The molecule has 0 atom stereocenters. The highest BCUT2D eigenvalue weighted by molar-refractivity contribution is 5.78. The molecule has 1 aliphatic heterocycles. The van der Waals surface area contributed by atoms with Crippen LogP contribution in [0.1, 0.15) is 11.1 Å². The first-order valence-corrected chi connectivity index (χ1v) is 8.39. The van der Waals surface area contributed by atoms with Gasteiger partial charge in [0.1, 0.15) is 5.82 Å². The molecular weight excluding hydrogens is 323 g/mol. The molecule has 136 valence electrons. The Bertz CT molecular complexity index is 624. The number of hydrogen-bond donors (Lipinski definition) is 0. The zero-order valence-corrected chi connectivity index (χ0v) is 14.9. The van der Waals surface area contributed by atoms with E-state index in [0.717, 1.165) is 39.3 Å². The van der Waals surface area contributed by atoms with E-state index >= 15 is 0 Å². The number of hydrogen-bond acceptors (Lipinski definition) is 5. The molecule has 7 heteroatoms. The van der Waals surface area contributed by atoms with Crippen molar-refractivity contribution in [3.8, 4) is 6.07 Å². The largest absolute Gasteiger partial charge is 0.383 e. The topological polar surface area (TPSA) is 59.8 Å². The van der Waals surface area contributed by atoms with E-state index in [4.69, 9.17) is 10.00 Å². The van der Waals surface area contributed by atoms with Crippen molar-refractivity contribution < 1.29 is 13.9 Å². The zero-order chi connectivity index (χ0) is 18.2. The van der Waals surface area contributed by atoms with Crippen LogP contribution >= 0.6 is 0 Å². The minimum absolute atomic E-state index is 0.0490. The van der Waals surface area contributed by atoms with E-state index in [2.05, 4.69) is 9.80 Å². The molecule has 1 heterocycles. The van der Waals surface area contributed by atoms with E-state index in [0.29, 0.717) is 17.7 Å². The SMILES string of the molecule is COCCN1CCN(CC(=O)N(C)Cc2cc(C#N)ccc2F)CC1. The number of nitrogens with zero attached hydrogens (tertiary/aromatic N) is 4. The van der Waals surface area contributed by atoms with Gasteiger partial charge in [0, 0.05) is 59.0 Å². The van der Waals surface area contributed by atoms with Crippen molar-refractivity contribution in [1.82, 2.24) is 14.7 Å². The summed E-state index contributed by atoms with van der Waals surface area (Å²) in [5.41, 5.74) is 0.753. The third kappa shape index (κ3) is 5.78. The van der Waals surface area contributed by atoms with Gasteiger partial charge in [0.05, 0.1) is 24.8 Å². The van der Waals surface area contributed by atoms with Crippen LogP contribution in [0.15, 0.2) is 18.2 Å². The quantitative estimate of drug-likeness (QED) is 0.733. The molecule has 0 spiro atoms. The maximum absolute atomic E-state index is 13.9. The van der Waals surface area contributed by atoms with Crippen molar-refractivity contribution in [3.05, 3.63) is 35.1 Å². The number of piperazine rings is 1. The molecule has 1 aromatic carbocycles. The average molecular weight is 348 g/mol. The van der Waals surface area contributed by atoms with Crippen LogP contribution in [0.2, 0.25) is 0 Å². The van der Waals surface area contributed by atoms with E-state index < -0.39 is 5.82 Å². The minimum atomic E-state index is -0.398. The maximum atomic E-state index is 13.9. The third-order valence-electron chi connectivity index (χ3n) is 4.44. The zero-order valence-electron chi connectivity index (χ0n) is 14.9. The highest BCUT2D eigenvalue weighted by Crippen LogP contribution is 2.12. The summed E-state index contributed by atoms with van der Waals surface area (Å²) in [5.74, 6) is -0.447. The van der Waals surface area contributed by atoms with Gasteiger partial charge in [-0.05, 0) is 18.2 Å². The Morgan fingerprint density at radius 3 is 2.64 bits per heavy atom. The number of halogens is 1. The molecule has 2 rings (SSSR count). The van der Waals surface area contributed by atoms with Crippen LogP contribution < -0.4 is 0 Å². The summed E-state index contributed by atoms with van der Waals surface area (Å²) in [4.78, 5) is 18.3. The number of carbonyl (C=O) groups excluding carboxylic acids is 1. The summed E-state index contributed by atoms with van der Waals surface area (Å²) in [5, 5.41) is 8.92. The Morgan fingerprint density at radius 2 is 2.00 bits per heavy atom. The number of nitriles is 1. The maximum Gasteiger partial charge on any atom is 0.236 e. The summed E-state index contributed by atoms with van der Waals surface area (Å²) < 4.78 is 18.9. The number of amides is 1. The molecule has 1 amide bonds. The predicted molar refractivity (Wildman–Crippen MR) is 92.3 cm³/mol. The fraction of sp³-hybridized carbons (Fsp3) is 0.556. The lowest BCUT2D eigenvalue weighted by atomic mass is 10.1. The van der Waals surface area contributed by atoms with Crippen molar-refractivity contribution in [2.75, 3.05) is 60.0 Å². The Kier molecular flexibility index (Phi) is 7.31. The first-order valence-electron chi connectivity index (χ1n) is 8.39. The van der Waals surface area contributed by atoms with Crippen LogP contribution in [0.4, 0.5) is 4.39 Å². The number of carbonyl (C=O) groups is 1. The molecule has 0 bridgehead atoms. The van der Waals surface area contributed by atoms with Gasteiger partial charge < -0.3 is 9.64 Å². The smallest absolute Gasteiger partial charge is 0.236 e. The lowest BCUT2D eigenvalue weighted by molar-refractivity contribution is -0.132. The lowest BCUT2D eigenvalue weighted by Gasteiger charge is -2.34. The first-order chi connectivity index (χ1) is 12.0. The molecule has 1 aliphatic rings. The normalized spacial score (nSPS) is 15.8. The second kappa shape index (κ2) is 9.47. The molecule has 6 nitrogen and oxygen atoms in total. The van der Waals surface area contributed by atoms with Crippen LogP contribution in [-0.4, -0.2) is 80.6 Å². The molecule has 0 unspecified atom stereocenters. The van der Waals surface area contributed by atoms with Gasteiger partial charge in [0.15, 0.2) is 0 Å². The summed E-state index contributed by atoms with van der Waals surface area (Å²) in [6, 6.07) is 6.19. The number of benzene rings is 1. The van der Waals surface area contributed by atoms with Gasteiger partial charge in [-0.25, -0.2) is 4.39 Å². The van der Waals surface area contributed by atoms with Gasteiger partial charge in [-0.1, -0.05) is 0 Å². The van der Waals surface area contributed by atoms with Gasteiger partial charge in [-0.3, -0.25) is 14.6 Å². The van der Waals surface area contributed by atoms with E-state index in [1.54, 1.807) is 14.2 Å². The minimum Gasteiger partial charge on any atom is -0.383 e. The number of rotatable bonds is 7. The number of ether oxygens (including phenoxy) is 1. The van der Waals surface area contributed by atoms with Crippen LogP contribution in [0.25, 0.3) is 0 Å². The van der Waals surface area contributed by atoms with Crippen molar-refractivity contribution in [1.29, 1.82) is 5.26 Å². The second-order valence-electron chi connectivity index (χ2n) is 6.28. The molecule has 0 saturated carbocycles. The fourth-order valence-electron chi connectivity index (χ4n) is 2.81. The monoisotopic (exact) mass is 348 g/mol. The van der Waals surface area contributed by atoms with Gasteiger partial charge in [-0.15, -0.1) is 0 Å². The van der Waals surface area contributed by atoms with E-state index in [1.165, 1.54) is 23.1 Å². The Labute approximate surface area is 148 Å². The summed E-state index contributed by atoms with van der Waals surface area (Å²) in [6.07, 6.45) is 0. The number of methoxy groups -OCH3 is 1. The molecule has 0 radical (unpaired) electrons. The average Bonchev–Trinajstić information content (AvgIpc) is 2.62. The van der Waals surface area contributed by atoms with Crippen molar-refractivity contribution in [2.24, 2.45) is 0 Å². The molecule has 25 heavy (non-hydrogen) atoms. The summed E-state index contributed by atoms with van der Waals surface area (Å²) in [7, 11) is 3.36. The van der Waals surface area contributed by atoms with Gasteiger partial charge >= 0.3 is 0 Å². The highest BCUT2D eigenvalue weighted by Gasteiger charge is 2.20. The molecule has 0 aromatic heterocycles. The molecule has 0 aliphatic carbocycles. The molecule has 1 saturated heterocycles. The third-order valence-corrected chi connectivity index (χ3v) is 4.44. The fourth-order valence-corrected chi connectivity index (χ4v) is 2.81. The Hall–Kier alpha value is -2.01. The van der Waals surface area contributed by atoms with E-state index in [1.807, 2.05) is 6.07 Å². The van der Waals surface area contributed by atoms with Crippen LogP contribution in [0.3, 0.4) is 0 Å². The van der Waals surface area contributed by atoms with E-state index in [-0.39, 0.29) is 12.5 Å². The van der Waals surface area contributed by atoms with Gasteiger partial charge in [0.25, 0.3) is 0 Å². The van der Waals surface area contributed by atoms with Crippen molar-refractivity contribution in [3.63, 3.8) is 0 Å². The van der Waals surface area contributed by atoms with E-state index in [9.17, 15) is 9.18 Å². The van der Waals surface area contributed by atoms with Gasteiger partial charge in [0.2, 0.25) is 5.91 Å². The van der Waals surface area contributed by atoms with Crippen LogP contribution in [0.5, 0.6) is 0 Å². The Morgan fingerprint density at radius 1 is 1.32 bits per heavy atom. The molecular formula is C18H25FN4O2. The number of likely N-dealkylation sites (N-methyl/N-ethyl adjacent to an activating group) is 1. The molecule has 0 N–H and O–H groups in total. The second-order valence-corrected chi connectivity index (χ2v) is 6.28. The lowest BCUT2D eigenvalue weighted by Crippen LogP contribution is -2.50.